The van der Waals surface area contributed by atoms with E-state index in [4.69, 9.17) is 16.3 Å². The summed E-state index contributed by atoms with van der Waals surface area (Å²) >= 11 is 5.84. The third-order valence-electron chi connectivity index (χ3n) is 4.72. The maximum absolute atomic E-state index is 12.9. The van der Waals surface area contributed by atoms with Crippen molar-refractivity contribution in [1.29, 1.82) is 0 Å². The second kappa shape index (κ2) is 8.97. The Hall–Kier alpha value is -2.73. The standard InChI is InChI=1S/C21H19ClFNO4/c22-17-5-1-15(2-6-17)20(26)24-11-9-16(10-12-24)21(27)28-13-19(25)14-3-7-18(23)8-4-14/h1-8,16H,9-13H2. The summed E-state index contributed by atoms with van der Waals surface area (Å²) in [6, 6.07) is 11.7. The number of nitrogens with zero attached hydrogens (tertiary/aromatic N) is 1. The number of likely N-dealkylation sites (tertiary alicyclic amines) is 1. The van der Waals surface area contributed by atoms with Crippen molar-refractivity contribution in [3.63, 3.8) is 0 Å². The van der Waals surface area contributed by atoms with Crippen LogP contribution in [0.5, 0.6) is 0 Å². The molecule has 0 aliphatic carbocycles. The molecule has 0 N–H and O–H groups in total. The molecule has 1 heterocycles. The highest BCUT2D eigenvalue weighted by Crippen LogP contribution is 2.21. The van der Waals surface area contributed by atoms with Crippen molar-refractivity contribution in [2.24, 2.45) is 5.92 Å². The van der Waals surface area contributed by atoms with Crippen LogP contribution < -0.4 is 0 Å². The average Bonchev–Trinajstić information content (AvgIpc) is 2.72. The highest BCUT2D eigenvalue weighted by Gasteiger charge is 2.29. The summed E-state index contributed by atoms with van der Waals surface area (Å²) in [6.45, 7) is 0.495. The number of piperidine rings is 1. The van der Waals surface area contributed by atoms with E-state index in [1.807, 2.05) is 0 Å². The Morgan fingerprint density at radius 2 is 1.54 bits per heavy atom. The van der Waals surface area contributed by atoms with Gasteiger partial charge in [0.05, 0.1) is 5.92 Å². The van der Waals surface area contributed by atoms with Gasteiger partial charge in [-0.25, -0.2) is 4.39 Å². The molecule has 0 aromatic heterocycles. The van der Waals surface area contributed by atoms with Gasteiger partial charge in [0.25, 0.3) is 5.91 Å². The lowest BCUT2D eigenvalue weighted by Gasteiger charge is -2.31. The minimum absolute atomic E-state index is 0.102. The van der Waals surface area contributed by atoms with E-state index < -0.39 is 11.8 Å². The summed E-state index contributed by atoms with van der Waals surface area (Å²) in [5.74, 6) is -1.73. The maximum Gasteiger partial charge on any atom is 0.309 e. The van der Waals surface area contributed by atoms with Crippen LogP contribution in [0.25, 0.3) is 0 Å². The third kappa shape index (κ3) is 4.95. The van der Waals surface area contributed by atoms with Crippen molar-refractivity contribution in [1.82, 2.24) is 4.90 Å². The van der Waals surface area contributed by atoms with Crippen molar-refractivity contribution in [3.8, 4) is 0 Å². The lowest BCUT2D eigenvalue weighted by atomic mass is 9.96. The van der Waals surface area contributed by atoms with Crippen LogP contribution in [0.3, 0.4) is 0 Å². The molecule has 0 radical (unpaired) electrons. The van der Waals surface area contributed by atoms with Gasteiger partial charge in [0.1, 0.15) is 5.82 Å². The van der Waals surface area contributed by atoms with Crippen molar-refractivity contribution < 1.29 is 23.5 Å². The second-order valence-corrected chi connectivity index (χ2v) is 7.05. The van der Waals surface area contributed by atoms with Crippen LogP contribution in [0.15, 0.2) is 48.5 Å². The van der Waals surface area contributed by atoms with Crippen LogP contribution in [0, 0.1) is 11.7 Å². The average molecular weight is 404 g/mol. The number of carbonyl (C=O) groups is 3. The molecule has 1 amide bonds. The minimum Gasteiger partial charge on any atom is -0.457 e. The van der Waals surface area contributed by atoms with Gasteiger partial charge in [-0.2, -0.15) is 0 Å². The molecule has 1 fully saturated rings. The first-order chi connectivity index (χ1) is 13.4. The maximum atomic E-state index is 12.9. The zero-order valence-electron chi connectivity index (χ0n) is 15.1. The number of ketones is 1. The summed E-state index contributed by atoms with van der Waals surface area (Å²) in [6.07, 6.45) is 0.950. The largest absolute Gasteiger partial charge is 0.457 e. The molecule has 0 atom stereocenters. The molecule has 0 spiro atoms. The fourth-order valence-corrected chi connectivity index (χ4v) is 3.19. The molecule has 7 heteroatoms. The predicted molar refractivity (Wildman–Crippen MR) is 102 cm³/mol. The van der Waals surface area contributed by atoms with Crippen molar-refractivity contribution in [2.75, 3.05) is 19.7 Å². The van der Waals surface area contributed by atoms with Gasteiger partial charge in [-0.05, 0) is 61.4 Å². The molecule has 0 bridgehead atoms. The van der Waals surface area contributed by atoms with Gasteiger partial charge in [-0.3, -0.25) is 14.4 Å². The van der Waals surface area contributed by atoms with Crippen LogP contribution in [-0.2, 0) is 9.53 Å². The topological polar surface area (TPSA) is 63.7 Å². The quantitative estimate of drug-likeness (QED) is 0.563. The summed E-state index contributed by atoms with van der Waals surface area (Å²) < 4.78 is 18.0. The van der Waals surface area contributed by atoms with Crippen LogP contribution in [0.4, 0.5) is 4.39 Å². The predicted octanol–water partition coefficient (Wildman–Crippen LogP) is 3.76. The number of amides is 1. The zero-order chi connectivity index (χ0) is 20.1. The molecule has 3 rings (SSSR count). The molecule has 0 saturated carbocycles. The SMILES string of the molecule is O=C(COC(=O)C1CCN(C(=O)c2ccc(Cl)cc2)CC1)c1ccc(F)cc1. The van der Waals surface area contributed by atoms with E-state index in [1.54, 1.807) is 29.2 Å². The molecule has 2 aromatic rings. The summed E-state index contributed by atoms with van der Waals surface area (Å²) in [4.78, 5) is 38.4. The number of halogens is 2. The Balaban J connectivity index is 1.47. The highest BCUT2D eigenvalue weighted by atomic mass is 35.5. The van der Waals surface area contributed by atoms with E-state index in [-0.39, 0.29) is 29.8 Å². The monoisotopic (exact) mass is 403 g/mol. The minimum atomic E-state index is -0.450. The number of benzene rings is 2. The van der Waals surface area contributed by atoms with Crippen LogP contribution in [-0.4, -0.2) is 42.3 Å². The number of ether oxygens (including phenoxy) is 1. The normalized spacial score (nSPS) is 14.6. The molecule has 2 aromatic carbocycles. The third-order valence-corrected chi connectivity index (χ3v) is 4.97. The van der Waals surface area contributed by atoms with Crippen LogP contribution in [0.1, 0.15) is 33.6 Å². The van der Waals surface area contributed by atoms with Crippen molar-refractivity contribution in [2.45, 2.75) is 12.8 Å². The van der Waals surface area contributed by atoms with Gasteiger partial charge in [-0.15, -0.1) is 0 Å². The molecule has 0 unspecified atom stereocenters. The molecule has 1 aliphatic rings. The van der Waals surface area contributed by atoms with E-state index in [2.05, 4.69) is 0 Å². The lowest BCUT2D eigenvalue weighted by Crippen LogP contribution is -2.40. The van der Waals surface area contributed by atoms with Crippen molar-refractivity contribution >= 4 is 29.3 Å². The number of carbonyl (C=O) groups excluding carboxylic acids is 3. The van der Waals surface area contributed by atoms with E-state index in [9.17, 15) is 18.8 Å². The van der Waals surface area contributed by atoms with E-state index >= 15 is 0 Å². The Morgan fingerprint density at radius 1 is 0.964 bits per heavy atom. The molecule has 1 aliphatic heterocycles. The summed E-state index contributed by atoms with van der Waals surface area (Å²) in [7, 11) is 0. The molecule has 28 heavy (non-hydrogen) atoms. The Morgan fingerprint density at radius 3 is 2.14 bits per heavy atom. The molecular formula is C21H19ClFNO4. The van der Waals surface area contributed by atoms with Gasteiger partial charge in [0.2, 0.25) is 0 Å². The molecular weight excluding hydrogens is 385 g/mol. The Labute approximate surface area is 167 Å². The van der Waals surface area contributed by atoms with Gasteiger partial charge in [0.15, 0.2) is 12.4 Å². The number of Topliss-reactive ketones (excluding diaryl/α,β-unsaturated/α-hetero) is 1. The summed E-state index contributed by atoms with van der Waals surface area (Å²) in [5, 5.41) is 0.563. The Bertz CT molecular complexity index is 859. The summed E-state index contributed by atoms with van der Waals surface area (Å²) in [5.41, 5.74) is 0.841. The fraction of sp³-hybridized carbons (Fsp3) is 0.286. The molecule has 1 saturated heterocycles. The first-order valence-corrected chi connectivity index (χ1v) is 9.32. The number of hydrogen-bond acceptors (Lipinski definition) is 4. The van der Waals surface area contributed by atoms with E-state index in [0.717, 1.165) is 0 Å². The number of rotatable bonds is 5. The number of esters is 1. The highest BCUT2D eigenvalue weighted by molar-refractivity contribution is 6.30. The number of hydrogen-bond donors (Lipinski definition) is 0. The van der Waals surface area contributed by atoms with Gasteiger partial charge in [-0.1, -0.05) is 11.6 Å². The Kier molecular flexibility index (Phi) is 6.41. The van der Waals surface area contributed by atoms with Gasteiger partial charge in [0, 0.05) is 29.2 Å². The van der Waals surface area contributed by atoms with E-state index in [0.29, 0.717) is 36.5 Å². The first kappa shape index (κ1) is 20.0. The van der Waals surface area contributed by atoms with Crippen LogP contribution in [0.2, 0.25) is 5.02 Å². The van der Waals surface area contributed by atoms with Crippen LogP contribution >= 0.6 is 11.6 Å². The first-order valence-electron chi connectivity index (χ1n) is 8.94. The fourth-order valence-electron chi connectivity index (χ4n) is 3.07. The van der Waals surface area contributed by atoms with Gasteiger partial charge < -0.3 is 9.64 Å². The van der Waals surface area contributed by atoms with Crippen molar-refractivity contribution in [3.05, 3.63) is 70.5 Å². The lowest BCUT2D eigenvalue weighted by molar-refractivity contribution is -0.148. The van der Waals surface area contributed by atoms with E-state index in [1.165, 1.54) is 24.3 Å². The zero-order valence-corrected chi connectivity index (χ0v) is 15.8. The van der Waals surface area contributed by atoms with Gasteiger partial charge >= 0.3 is 5.97 Å². The molecule has 146 valence electrons. The molecule has 5 nitrogen and oxygen atoms in total. The smallest absolute Gasteiger partial charge is 0.309 e. The second-order valence-electron chi connectivity index (χ2n) is 6.61.